The number of benzene rings is 2. The van der Waals surface area contributed by atoms with Crippen molar-refractivity contribution in [2.45, 2.75) is 4.08 Å². The maximum atomic E-state index is 13.8. The second-order valence-electron chi connectivity index (χ2n) is 5.26. The van der Waals surface area contributed by atoms with Gasteiger partial charge in [-0.3, -0.25) is 0 Å². The highest BCUT2D eigenvalue weighted by molar-refractivity contribution is 8.20. The minimum absolute atomic E-state index is 0.216. The highest BCUT2D eigenvalue weighted by Crippen LogP contribution is 2.64. The van der Waals surface area contributed by atoms with Crippen LogP contribution in [0.3, 0.4) is 0 Å². The molecule has 22 heavy (non-hydrogen) atoms. The summed E-state index contributed by atoms with van der Waals surface area (Å²) >= 11 is 3.69. The van der Waals surface area contributed by atoms with E-state index in [1.807, 2.05) is 41.7 Å². The van der Waals surface area contributed by atoms with Gasteiger partial charge in [-0.25, -0.2) is 9.18 Å². The summed E-state index contributed by atoms with van der Waals surface area (Å²) < 4.78 is 18.4. The predicted octanol–water partition coefficient (Wildman–Crippen LogP) is 4.27. The average molecular weight is 332 g/mol. The Morgan fingerprint density at radius 2 is 1.86 bits per heavy atom. The van der Waals surface area contributed by atoms with E-state index in [9.17, 15) is 9.18 Å². The molecule has 0 atom stereocenters. The molecule has 1 fully saturated rings. The normalized spacial score (nSPS) is 17.4. The van der Waals surface area contributed by atoms with Crippen LogP contribution < -0.4 is 0 Å². The summed E-state index contributed by atoms with van der Waals surface area (Å²) in [5.74, 6) is 1.52. The highest BCUT2D eigenvalue weighted by atomic mass is 32.2. The van der Waals surface area contributed by atoms with Crippen LogP contribution in [0.5, 0.6) is 0 Å². The Labute approximate surface area is 136 Å². The molecule has 2 aromatic carbocycles. The number of hydrogen-bond acceptors (Lipinski definition) is 4. The van der Waals surface area contributed by atoms with Crippen molar-refractivity contribution < 1.29 is 13.9 Å². The summed E-state index contributed by atoms with van der Waals surface area (Å²) in [5.41, 5.74) is 4.73. The summed E-state index contributed by atoms with van der Waals surface area (Å²) in [6.45, 7) is 0. The standard InChI is InChI=1S/C17H13FO2S2/c1-20-16(19)10-2-5-14-13(8-10)12-4-3-11(18)9-15(12)17(14)21-6-7-22-17/h2-5,8-9H,6-7H2,1H3. The molecule has 4 rings (SSSR count). The van der Waals surface area contributed by atoms with E-state index >= 15 is 0 Å². The lowest BCUT2D eigenvalue weighted by Crippen LogP contribution is -2.13. The Morgan fingerprint density at radius 1 is 1.09 bits per heavy atom. The number of rotatable bonds is 1. The third kappa shape index (κ3) is 1.85. The number of hydrogen-bond donors (Lipinski definition) is 0. The Hall–Kier alpha value is -1.46. The Morgan fingerprint density at radius 3 is 2.59 bits per heavy atom. The van der Waals surface area contributed by atoms with Crippen molar-refractivity contribution in [3.63, 3.8) is 0 Å². The van der Waals surface area contributed by atoms with Crippen LogP contribution in [0.1, 0.15) is 21.5 Å². The predicted molar refractivity (Wildman–Crippen MR) is 88.9 cm³/mol. The smallest absolute Gasteiger partial charge is 0.337 e. The number of esters is 1. The zero-order valence-electron chi connectivity index (χ0n) is 11.9. The van der Waals surface area contributed by atoms with E-state index in [-0.39, 0.29) is 15.9 Å². The van der Waals surface area contributed by atoms with Gasteiger partial charge >= 0.3 is 5.97 Å². The van der Waals surface area contributed by atoms with E-state index in [1.165, 1.54) is 13.2 Å². The number of methoxy groups -OCH3 is 1. The number of carbonyl (C=O) groups excluding carboxylic acids is 1. The van der Waals surface area contributed by atoms with Crippen molar-refractivity contribution in [2.75, 3.05) is 18.6 Å². The van der Waals surface area contributed by atoms with Gasteiger partial charge in [0, 0.05) is 11.5 Å². The van der Waals surface area contributed by atoms with Crippen LogP contribution in [0.15, 0.2) is 36.4 Å². The molecular formula is C17H13FO2S2. The molecule has 5 heteroatoms. The van der Waals surface area contributed by atoms with Gasteiger partial charge in [0.15, 0.2) is 0 Å². The molecule has 0 saturated carbocycles. The van der Waals surface area contributed by atoms with Crippen LogP contribution in [-0.4, -0.2) is 24.6 Å². The van der Waals surface area contributed by atoms with E-state index in [0.29, 0.717) is 5.56 Å². The number of fused-ring (bicyclic) bond motifs is 5. The van der Waals surface area contributed by atoms with Gasteiger partial charge in [0.05, 0.1) is 12.7 Å². The van der Waals surface area contributed by atoms with Crippen molar-refractivity contribution in [3.05, 3.63) is 58.9 Å². The summed E-state index contributed by atoms with van der Waals surface area (Å²) in [7, 11) is 1.38. The first-order valence-electron chi connectivity index (χ1n) is 6.97. The number of ether oxygens (including phenoxy) is 1. The molecule has 1 saturated heterocycles. The van der Waals surface area contributed by atoms with Gasteiger partial charge in [-0.2, -0.15) is 0 Å². The largest absolute Gasteiger partial charge is 0.465 e. The minimum atomic E-state index is -0.348. The third-order valence-electron chi connectivity index (χ3n) is 4.12. The molecular weight excluding hydrogens is 319 g/mol. The highest BCUT2D eigenvalue weighted by Gasteiger charge is 2.47. The van der Waals surface area contributed by atoms with E-state index < -0.39 is 0 Å². The van der Waals surface area contributed by atoms with E-state index in [1.54, 1.807) is 12.1 Å². The molecule has 1 aliphatic heterocycles. The van der Waals surface area contributed by atoms with E-state index in [4.69, 9.17) is 4.74 Å². The summed E-state index contributed by atoms with van der Waals surface area (Å²) in [6, 6.07) is 10.6. The zero-order chi connectivity index (χ0) is 15.3. The topological polar surface area (TPSA) is 26.3 Å². The molecule has 112 valence electrons. The SMILES string of the molecule is COC(=O)c1ccc2c(c1)-c1ccc(F)cc1C21SCCS1. The fourth-order valence-corrected chi connectivity index (χ4v) is 6.58. The Bertz CT molecular complexity index is 782. The molecule has 0 radical (unpaired) electrons. The average Bonchev–Trinajstić information content (AvgIpc) is 3.12. The fourth-order valence-electron chi connectivity index (χ4n) is 3.19. The second kappa shape index (κ2) is 5.03. The number of thioether (sulfide) groups is 2. The van der Waals surface area contributed by atoms with Crippen LogP contribution in [-0.2, 0) is 8.82 Å². The maximum absolute atomic E-state index is 13.8. The van der Waals surface area contributed by atoms with Crippen LogP contribution in [0, 0.1) is 5.82 Å². The number of carbonyl (C=O) groups is 1. The third-order valence-corrected chi connectivity index (χ3v) is 7.59. The molecule has 0 amide bonds. The first-order chi connectivity index (χ1) is 10.7. The van der Waals surface area contributed by atoms with Gasteiger partial charge in [-0.1, -0.05) is 12.1 Å². The lowest BCUT2D eigenvalue weighted by molar-refractivity contribution is 0.0601. The second-order valence-corrected chi connectivity index (χ2v) is 8.13. The van der Waals surface area contributed by atoms with Crippen molar-refractivity contribution >= 4 is 29.5 Å². The van der Waals surface area contributed by atoms with Gasteiger partial charge < -0.3 is 4.74 Å². The molecule has 0 unspecified atom stereocenters. The van der Waals surface area contributed by atoms with Gasteiger partial charge in [-0.05, 0) is 46.5 Å². The molecule has 2 aliphatic rings. The Kier molecular flexibility index (Phi) is 3.24. The molecule has 1 spiro atoms. The molecule has 2 aromatic rings. The monoisotopic (exact) mass is 332 g/mol. The van der Waals surface area contributed by atoms with Gasteiger partial charge in [0.25, 0.3) is 0 Å². The molecule has 2 nitrogen and oxygen atoms in total. The van der Waals surface area contributed by atoms with E-state index in [2.05, 4.69) is 0 Å². The molecule has 0 aromatic heterocycles. The molecule has 0 bridgehead atoms. The number of halogens is 1. The van der Waals surface area contributed by atoms with Crippen molar-refractivity contribution in [2.24, 2.45) is 0 Å². The zero-order valence-corrected chi connectivity index (χ0v) is 13.5. The van der Waals surface area contributed by atoms with E-state index in [0.717, 1.165) is 33.8 Å². The lowest BCUT2D eigenvalue weighted by atomic mass is 10.0. The van der Waals surface area contributed by atoms with Crippen LogP contribution in [0.2, 0.25) is 0 Å². The van der Waals surface area contributed by atoms with Crippen molar-refractivity contribution in [3.8, 4) is 11.1 Å². The van der Waals surface area contributed by atoms with Crippen LogP contribution >= 0.6 is 23.5 Å². The van der Waals surface area contributed by atoms with Gasteiger partial charge in [-0.15, -0.1) is 23.5 Å². The fraction of sp³-hybridized carbons (Fsp3) is 0.235. The van der Waals surface area contributed by atoms with Crippen molar-refractivity contribution in [1.82, 2.24) is 0 Å². The first kappa shape index (κ1) is 14.2. The summed E-state index contributed by atoms with van der Waals surface area (Å²) in [4.78, 5) is 11.8. The van der Waals surface area contributed by atoms with Crippen molar-refractivity contribution in [1.29, 1.82) is 0 Å². The summed E-state index contributed by atoms with van der Waals surface area (Å²) in [6.07, 6.45) is 0. The quantitative estimate of drug-likeness (QED) is 0.729. The lowest BCUT2D eigenvalue weighted by Gasteiger charge is -2.24. The molecule has 1 aliphatic carbocycles. The first-order valence-corrected chi connectivity index (χ1v) is 8.94. The Balaban J connectivity index is 1.98. The van der Waals surface area contributed by atoms with Gasteiger partial charge in [0.2, 0.25) is 0 Å². The van der Waals surface area contributed by atoms with Gasteiger partial charge in [0.1, 0.15) is 9.90 Å². The molecule has 0 N–H and O–H groups in total. The minimum Gasteiger partial charge on any atom is -0.465 e. The maximum Gasteiger partial charge on any atom is 0.337 e. The van der Waals surface area contributed by atoms with Crippen LogP contribution in [0.4, 0.5) is 4.39 Å². The van der Waals surface area contributed by atoms with Crippen LogP contribution in [0.25, 0.3) is 11.1 Å². The summed E-state index contributed by atoms with van der Waals surface area (Å²) in [5, 5.41) is 0. The molecule has 1 heterocycles.